The average molecular weight is 468 g/mol. The van der Waals surface area contributed by atoms with Crippen molar-refractivity contribution in [2.45, 2.75) is 31.8 Å². The number of hydrogen-bond donors (Lipinski definition) is 1. The summed E-state index contributed by atoms with van der Waals surface area (Å²) in [4.78, 5) is 2.30. The van der Waals surface area contributed by atoms with Gasteiger partial charge in [-0.15, -0.1) is 10.2 Å². The molecule has 0 amide bonds. The lowest BCUT2D eigenvalue weighted by Crippen LogP contribution is -2.40. The van der Waals surface area contributed by atoms with Crippen LogP contribution in [0.2, 0.25) is 5.02 Å². The molecule has 1 saturated heterocycles. The Kier molecular flexibility index (Phi) is 6.35. The number of rotatable bonds is 7. The highest BCUT2D eigenvalue weighted by atomic mass is 35.5. The maximum atomic E-state index is 10.6. The first-order valence-electron chi connectivity index (χ1n) is 11.2. The van der Waals surface area contributed by atoms with Crippen LogP contribution in [-0.2, 0) is 0 Å². The van der Waals surface area contributed by atoms with Gasteiger partial charge in [0.2, 0.25) is 5.89 Å². The second kappa shape index (κ2) is 9.55. The normalized spacial score (nSPS) is 16.3. The van der Waals surface area contributed by atoms with Crippen molar-refractivity contribution in [1.82, 2.24) is 15.1 Å². The molecule has 1 N–H and O–H groups in total. The molecule has 172 valence electrons. The molecule has 7 nitrogen and oxygen atoms in total. The van der Waals surface area contributed by atoms with E-state index in [0.717, 1.165) is 36.3 Å². The number of benzene rings is 2. The predicted molar refractivity (Wildman–Crippen MR) is 126 cm³/mol. The van der Waals surface area contributed by atoms with Crippen LogP contribution >= 0.6 is 11.6 Å². The number of furan rings is 1. The van der Waals surface area contributed by atoms with Gasteiger partial charge in [-0.2, -0.15) is 0 Å². The van der Waals surface area contributed by atoms with Crippen molar-refractivity contribution < 1.29 is 18.7 Å². The van der Waals surface area contributed by atoms with Gasteiger partial charge in [0.05, 0.1) is 5.39 Å². The summed E-state index contributed by atoms with van der Waals surface area (Å²) in [6.07, 6.45) is 1.52. The van der Waals surface area contributed by atoms with Crippen molar-refractivity contribution in [3.05, 3.63) is 65.0 Å². The van der Waals surface area contributed by atoms with E-state index in [1.807, 2.05) is 36.4 Å². The number of fused-ring (bicyclic) bond motifs is 1. The summed E-state index contributed by atoms with van der Waals surface area (Å²) in [5.41, 5.74) is 1.96. The lowest BCUT2D eigenvalue weighted by molar-refractivity contribution is 0.0599. The van der Waals surface area contributed by atoms with Gasteiger partial charge in [-0.3, -0.25) is 0 Å². The van der Waals surface area contributed by atoms with Crippen LogP contribution in [0.15, 0.2) is 57.4 Å². The number of aliphatic hydroxyl groups excluding tert-OH is 1. The summed E-state index contributed by atoms with van der Waals surface area (Å²) in [7, 11) is 0. The van der Waals surface area contributed by atoms with E-state index in [-0.39, 0.29) is 6.61 Å². The third kappa shape index (κ3) is 5.05. The number of β-amino-alcohol motifs (C(OH)–C–C–N with tert-alkyl or cyclic N) is 1. The van der Waals surface area contributed by atoms with Crippen molar-refractivity contribution >= 4 is 22.6 Å². The molecule has 33 heavy (non-hydrogen) atoms. The van der Waals surface area contributed by atoms with Gasteiger partial charge in [0, 0.05) is 24.6 Å². The fraction of sp³-hybridized carbons (Fsp3) is 0.360. The minimum Gasteiger partial charge on any atom is -0.490 e. The highest BCUT2D eigenvalue weighted by Crippen LogP contribution is 2.33. The first-order valence-corrected chi connectivity index (χ1v) is 11.5. The molecule has 2 aromatic heterocycles. The van der Waals surface area contributed by atoms with Gasteiger partial charge in [0.1, 0.15) is 24.0 Å². The van der Waals surface area contributed by atoms with Crippen LogP contribution < -0.4 is 4.74 Å². The van der Waals surface area contributed by atoms with Gasteiger partial charge in [-0.1, -0.05) is 29.8 Å². The zero-order chi connectivity index (χ0) is 22.8. The lowest BCUT2D eigenvalue weighted by Gasteiger charge is -2.33. The molecule has 0 bridgehead atoms. The van der Waals surface area contributed by atoms with Gasteiger partial charge < -0.3 is 23.6 Å². The molecule has 0 saturated carbocycles. The van der Waals surface area contributed by atoms with Gasteiger partial charge in [-0.05, 0) is 61.7 Å². The Balaban J connectivity index is 1.16. The smallest absolute Gasteiger partial charge is 0.283 e. The summed E-state index contributed by atoms with van der Waals surface area (Å²) in [6.45, 7) is 4.40. The Morgan fingerprint density at radius 2 is 1.94 bits per heavy atom. The van der Waals surface area contributed by atoms with Crippen LogP contribution in [0.3, 0.4) is 0 Å². The Bertz CT molecular complexity index is 1230. The maximum absolute atomic E-state index is 10.6. The lowest BCUT2D eigenvalue weighted by atomic mass is 9.89. The Hall–Kier alpha value is -2.87. The first-order chi connectivity index (χ1) is 16.0. The van der Waals surface area contributed by atoms with Crippen LogP contribution in [0.25, 0.3) is 22.6 Å². The maximum Gasteiger partial charge on any atom is 0.283 e. The summed E-state index contributed by atoms with van der Waals surface area (Å²) in [5, 5.41) is 20.0. The third-order valence-electron chi connectivity index (χ3n) is 6.07. The van der Waals surface area contributed by atoms with E-state index in [2.05, 4.69) is 27.2 Å². The zero-order valence-electron chi connectivity index (χ0n) is 18.4. The fourth-order valence-corrected chi connectivity index (χ4v) is 4.61. The van der Waals surface area contributed by atoms with Crippen molar-refractivity contribution in [2.24, 2.45) is 0 Å². The van der Waals surface area contributed by atoms with E-state index < -0.39 is 6.10 Å². The van der Waals surface area contributed by atoms with Gasteiger partial charge >= 0.3 is 0 Å². The van der Waals surface area contributed by atoms with Crippen molar-refractivity contribution in [2.75, 3.05) is 26.2 Å². The number of hydrogen-bond acceptors (Lipinski definition) is 7. The van der Waals surface area contributed by atoms with Crippen molar-refractivity contribution in [1.29, 1.82) is 0 Å². The van der Waals surface area contributed by atoms with Crippen LogP contribution in [0.5, 0.6) is 5.75 Å². The molecule has 0 unspecified atom stereocenters. The summed E-state index contributed by atoms with van der Waals surface area (Å²) in [5.74, 6) is 2.46. The Morgan fingerprint density at radius 3 is 2.70 bits per heavy atom. The third-order valence-corrected chi connectivity index (χ3v) is 6.30. The van der Waals surface area contributed by atoms with E-state index in [9.17, 15) is 5.11 Å². The molecule has 0 spiro atoms. The van der Waals surface area contributed by atoms with E-state index in [4.69, 9.17) is 25.2 Å². The van der Waals surface area contributed by atoms with Crippen LogP contribution in [-0.4, -0.2) is 52.5 Å². The largest absolute Gasteiger partial charge is 0.490 e. The van der Waals surface area contributed by atoms with Crippen molar-refractivity contribution in [3.8, 4) is 17.4 Å². The SMILES string of the molecule is Cc1nnc(-c2cc3c(OC[C@@H](O)CN4CCC(c5cccc(Cl)c5)CC4)cccc3o2)o1. The zero-order valence-corrected chi connectivity index (χ0v) is 19.2. The first kappa shape index (κ1) is 21.9. The summed E-state index contributed by atoms with van der Waals surface area (Å²) >= 11 is 6.14. The van der Waals surface area contributed by atoms with E-state index >= 15 is 0 Å². The molecule has 3 heterocycles. The van der Waals surface area contributed by atoms with E-state index in [1.54, 1.807) is 6.92 Å². The second-order valence-electron chi connectivity index (χ2n) is 8.50. The average Bonchev–Trinajstić information content (AvgIpc) is 3.44. The minimum absolute atomic E-state index is 0.202. The molecule has 4 aromatic rings. The molecule has 1 atom stereocenters. The summed E-state index contributed by atoms with van der Waals surface area (Å²) in [6, 6.07) is 15.5. The quantitative estimate of drug-likeness (QED) is 0.406. The topological polar surface area (TPSA) is 84.8 Å². The fourth-order valence-electron chi connectivity index (χ4n) is 4.41. The number of ether oxygens (including phenoxy) is 1. The predicted octanol–water partition coefficient (Wildman–Crippen LogP) is 5.06. The van der Waals surface area contributed by atoms with Crippen molar-refractivity contribution in [3.63, 3.8) is 0 Å². The molecule has 1 aliphatic heterocycles. The molecular weight excluding hydrogens is 442 g/mol. The van der Waals surface area contributed by atoms with Gasteiger partial charge in [0.15, 0.2) is 5.76 Å². The molecule has 2 aromatic carbocycles. The molecule has 0 aliphatic carbocycles. The molecule has 1 fully saturated rings. The number of nitrogens with zero attached hydrogens (tertiary/aromatic N) is 3. The Morgan fingerprint density at radius 1 is 1.12 bits per heavy atom. The van der Waals surface area contributed by atoms with E-state index in [0.29, 0.717) is 41.3 Å². The number of aromatic nitrogens is 2. The summed E-state index contributed by atoms with van der Waals surface area (Å²) < 4.78 is 17.3. The Labute approximate surface area is 196 Å². The van der Waals surface area contributed by atoms with E-state index in [1.165, 1.54) is 5.56 Å². The second-order valence-corrected chi connectivity index (χ2v) is 8.94. The van der Waals surface area contributed by atoms with Crippen LogP contribution in [0.1, 0.15) is 30.2 Å². The standard InChI is InChI=1S/C25H26ClN3O4/c1-16-27-28-25(32-16)24-13-21-22(6-3-7-23(21)33-24)31-15-20(30)14-29-10-8-17(9-11-29)18-4-2-5-19(26)12-18/h2-7,12-13,17,20,30H,8-11,14-15H2,1H3/t20-/m0/s1. The molecule has 1 aliphatic rings. The molecule has 5 rings (SSSR count). The van der Waals surface area contributed by atoms with Crippen LogP contribution in [0.4, 0.5) is 0 Å². The minimum atomic E-state index is -0.590. The number of aliphatic hydroxyl groups is 1. The van der Waals surface area contributed by atoms with Crippen LogP contribution in [0, 0.1) is 6.92 Å². The highest BCUT2D eigenvalue weighted by Gasteiger charge is 2.23. The number of piperidine rings is 1. The highest BCUT2D eigenvalue weighted by molar-refractivity contribution is 6.30. The number of halogens is 1. The molecular formula is C25H26ClN3O4. The monoisotopic (exact) mass is 467 g/mol. The number of aryl methyl sites for hydroxylation is 1. The van der Waals surface area contributed by atoms with Gasteiger partial charge in [-0.25, -0.2) is 0 Å². The molecule has 8 heteroatoms. The molecule has 0 radical (unpaired) electrons. The number of likely N-dealkylation sites (tertiary alicyclic amines) is 1. The van der Waals surface area contributed by atoms with Gasteiger partial charge in [0.25, 0.3) is 5.89 Å².